The molecule has 2 aliphatic rings. The number of carbonyl (C=O) groups is 2. The number of anilines is 2. The molecule has 142 valence electrons. The molecule has 1 aliphatic carbocycles. The molecule has 1 aromatic carbocycles. The third kappa shape index (κ3) is 4.92. The fourth-order valence-electron chi connectivity index (χ4n) is 3.94. The van der Waals surface area contributed by atoms with Crippen LogP contribution in [0.2, 0.25) is 0 Å². The standard InChI is InChI=1S/C19H28N4O2S/c1-15(24)21-16-4-6-17(7-5-16)22-18(25)20-14-19(8-2-3-9-19)23-10-12-26-13-11-23/h4-7H,2-3,8-14H2,1H3,(H,21,24)(H2,20,22,25). The van der Waals surface area contributed by atoms with Crippen LogP contribution < -0.4 is 16.0 Å². The van der Waals surface area contributed by atoms with Crippen molar-refractivity contribution in [1.82, 2.24) is 10.2 Å². The van der Waals surface area contributed by atoms with E-state index in [1.807, 2.05) is 11.8 Å². The van der Waals surface area contributed by atoms with Crippen LogP contribution in [0.1, 0.15) is 32.6 Å². The van der Waals surface area contributed by atoms with Gasteiger partial charge in [-0.1, -0.05) is 12.8 Å². The number of carbonyl (C=O) groups excluding carboxylic acids is 2. The number of thioether (sulfide) groups is 1. The Labute approximate surface area is 159 Å². The Hall–Kier alpha value is -1.73. The number of nitrogens with one attached hydrogen (secondary N) is 3. The molecule has 3 N–H and O–H groups in total. The van der Waals surface area contributed by atoms with Gasteiger partial charge in [-0.15, -0.1) is 0 Å². The van der Waals surface area contributed by atoms with E-state index < -0.39 is 0 Å². The van der Waals surface area contributed by atoms with Crippen molar-refractivity contribution in [2.45, 2.75) is 38.1 Å². The van der Waals surface area contributed by atoms with E-state index in [1.165, 1.54) is 44.1 Å². The number of hydrogen-bond donors (Lipinski definition) is 3. The van der Waals surface area contributed by atoms with E-state index in [0.717, 1.165) is 18.8 Å². The average molecular weight is 377 g/mol. The first-order valence-corrected chi connectivity index (χ1v) is 10.5. The van der Waals surface area contributed by atoms with Crippen LogP contribution in [0.3, 0.4) is 0 Å². The number of benzene rings is 1. The van der Waals surface area contributed by atoms with Gasteiger partial charge >= 0.3 is 6.03 Å². The molecule has 26 heavy (non-hydrogen) atoms. The minimum atomic E-state index is -0.171. The second kappa shape index (κ2) is 8.77. The summed E-state index contributed by atoms with van der Waals surface area (Å²) in [5.74, 6) is 2.27. The van der Waals surface area contributed by atoms with Crippen molar-refractivity contribution >= 4 is 35.1 Å². The average Bonchev–Trinajstić information content (AvgIpc) is 3.12. The predicted octanol–water partition coefficient (Wildman–Crippen LogP) is 3.13. The van der Waals surface area contributed by atoms with Gasteiger partial charge < -0.3 is 16.0 Å². The van der Waals surface area contributed by atoms with Crippen molar-refractivity contribution in [1.29, 1.82) is 0 Å². The molecule has 0 radical (unpaired) electrons. The highest BCUT2D eigenvalue weighted by atomic mass is 32.2. The molecule has 2 fully saturated rings. The maximum atomic E-state index is 12.3. The van der Waals surface area contributed by atoms with E-state index in [4.69, 9.17) is 0 Å². The van der Waals surface area contributed by atoms with Crippen molar-refractivity contribution in [2.75, 3.05) is 41.8 Å². The van der Waals surface area contributed by atoms with Crippen LogP contribution in [0.25, 0.3) is 0 Å². The summed E-state index contributed by atoms with van der Waals surface area (Å²) in [5, 5.41) is 8.69. The van der Waals surface area contributed by atoms with Gasteiger partial charge in [0.05, 0.1) is 0 Å². The minimum Gasteiger partial charge on any atom is -0.336 e. The Balaban J connectivity index is 1.53. The SMILES string of the molecule is CC(=O)Nc1ccc(NC(=O)NCC2(N3CCSCC3)CCCC2)cc1. The van der Waals surface area contributed by atoms with Crippen LogP contribution >= 0.6 is 11.8 Å². The molecule has 7 heteroatoms. The third-order valence-corrected chi connectivity index (χ3v) is 6.20. The van der Waals surface area contributed by atoms with E-state index in [2.05, 4.69) is 20.9 Å². The fraction of sp³-hybridized carbons (Fsp3) is 0.579. The summed E-state index contributed by atoms with van der Waals surface area (Å²) in [6.45, 7) is 4.42. The van der Waals surface area contributed by atoms with Crippen molar-refractivity contribution in [3.8, 4) is 0 Å². The molecule has 6 nitrogen and oxygen atoms in total. The second-order valence-corrected chi connectivity index (χ2v) is 8.32. The Morgan fingerprint density at radius 2 is 1.62 bits per heavy atom. The van der Waals surface area contributed by atoms with Gasteiger partial charge in [-0.3, -0.25) is 9.69 Å². The topological polar surface area (TPSA) is 73.5 Å². The summed E-state index contributed by atoms with van der Waals surface area (Å²) < 4.78 is 0. The quantitative estimate of drug-likeness (QED) is 0.738. The lowest BCUT2D eigenvalue weighted by molar-refractivity contribution is -0.114. The first-order chi connectivity index (χ1) is 12.6. The Kier molecular flexibility index (Phi) is 6.43. The minimum absolute atomic E-state index is 0.110. The van der Waals surface area contributed by atoms with Gasteiger partial charge in [-0.25, -0.2) is 4.79 Å². The van der Waals surface area contributed by atoms with Gasteiger partial charge in [0.25, 0.3) is 0 Å². The van der Waals surface area contributed by atoms with Crippen LogP contribution in [0.15, 0.2) is 24.3 Å². The van der Waals surface area contributed by atoms with Crippen molar-refractivity contribution < 1.29 is 9.59 Å². The molecule has 1 saturated heterocycles. The summed E-state index contributed by atoms with van der Waals surface area (Å²) in [6.07, 6.45) is 4.84. The number of nitrogens with zero attached hydrogens (tertiary/aromatic N) is 1. The van der Waals surface area contributed by atoms with Gasteiger partial charge in [0.2, 0.25) is 5.91 Å². The van der Waals surface area contributed by atoms with Crippen LogP contribution in [0.5, 0.6) is 0 Å². The lowest BCUT2D eigenvalue weighted by atomic mass is 9.94. The van der Waals surface area contributed by atoms with E-state index in [0.29, 0.717) is 12.2 Å². The molecular formula is C19H28N4O2S. The number of hydrogen-bond acceptors (Lipinski definition) is 4. The second-order valence-electron chi connectivity index (χ2n) is 7.10. The smallest absolute Gasteiger partial charge is 0.319 e. The number of rotatable bonds is 5. The van der Waals surface area contributed by atoms with E-state index >= 15 is 0 Å². The predicted molar refractivity (Wildman–Crippen MR) is 108 cm³/mol. The zero-order valence-electron chi connectivity index (χ0n) is 15.3. The number of urea groups is 1. The number of amides is 3. The van der Waals surface area contributed by atoms with Crippen molar-refractivity contribution in [2.24, 2.45) is 0 Å². The Bertz CT molecular complexity index is 623. The van der Waals surface area contributed by atoms with Gasteiger partial charge in [0, 0.05) is 55.0 Å². The fourth-order valence-corrected chi connectivity index (χ4v) is 4.84. The van der Waals surface area contributed by atoms with Gasteiger partial charge in [0.15, 0.2) is 0 Å². The first-order valence-electron chi connectivity index (χ1n) is 9.33. The highest BCUT2D eigenvalue weighted by Gasteiger charge is 2.40. The van der Waals surface area contributed by atoms with Crippen LogP contribution in [-0.4, -0.2) is 53.5 Å². The lowest BCUT2D eigenvalue weighted by Gasteiger charge is -2.43. The molecule has 1 aliphatic heterocycles. The molecule has 0 aromatic heterocycles. The molecule has 0 unspecified atom stereocenters. The van der Waals surface area contributed by atoms with Crippen LogP contribution in [0.4, 0.5) is 16.2 Å². The van der Waals surface area contributed by atoms with Gasteiger partial charge in [-0.05, 0) is 37.1 Å². The first kappa shape index (κ1) is 19.0. The van der Waals surface area contributed by atoms with Gasteiger partial charge in [-0.2, -0.15) is 11.8 Å². The highest BCUT2D eigenvalue weighted by molar-refractivity contribution is 7.99. The summed E-state index contributed by atoms with van der Waals surface area (Å²) in [5.41, 5.74) is 1.57. The van der Waals surface area contributed by atoms with E-state index in [-0.39, 0.29) is 17.5 Å². The maximum absolute atomic E-state index is 12.3. The molecule has 1 saturated carbocycles. The lowest BCUT2D eigenvalue weighted by Crippen LogP contribution is -2.56. The van der Waals surface area contributed by atoms with E-state index in [1.54, 1.807) is 24.3 Å². The van der Waals surface area contributed by atoms with Crippen molar-refractivity contribution in [3.63, 3.8) is 0 Å². The molecule has 0 bridgehead atoms. The zero-order valence-corrected chi connectivity index (χ0v) is 16.2. The largest absolute Gasteiger partial charge is 0.336 e. The van der Waals surface area contributed by atoms with Crippen LogP contribution in [0, 0.1) is 0 Å². The molecule has 1 heterocycles. The molecule has 3 amide bonds. The molecule has 3 rings (SSSR count). The highest BCUT2D eigenvalue weighted by Crippen LogP contribution is 2.36. The summed E-state index contributed by atoms with van der Waals surface area (Å²) >= 11 is 2.02. The van der Waals surface area contributed by atoms with Crippen LogP contribution in [-0.2, 0) is 4.79 Å². The molecule has 0 spiro atoms. The molecular weight excluding hydrogens is 348 g/mol. The van der Waals surface area contributed by atoms with Crippen molar-refractivity contribution in [3.05, 3.63) is 24.3 Å². The summed E-state index contributed by atoms with van der Waals surface area (Å²) in [4.78, 5) is 26.0. The van der Waals surface area contributed by atoms with E-state index in [9.17, 15) is 9.59 Å². The monoisotopic (exact) mass is 376 g/mol. The third-order valence-electron chi connectivity index (χ3n) is 5.26. The molecule has 1 aromatic rings. The Morgan fingerprint density at radius 1 is 1.04 bits per heavy atom. The molecule has 0 atom stereocenters. The zero-order chi connectivity index (χ0) is 18.4. The van der Waals surface area contributed by atoms with Gasteiger partial charge in [0.1, 0.15) is 0 Å². The normalized spacial score (nSPS) is 19.7. The Morgan fingerprint density at radius 3 is 2.19 bits per heavy atom. The summed E-state index contributed by atoms with van der Waals surface area (Å²) in [7, 11) is 0. The summed E-state index contributed by atoms with van der Waals surface area (Å²) in [6, 6.07) is 6.97. The maximum Gasteiger partial charge on any atom is 0.319 e.